The Morgan fingerprint density at radius 2 is 2.29 bits per heavy atom. The van der Waals surface area contributed by atoms with Crippen LogP contribution in [0.1, 0.15) is 38.2 Å². The maximum Gasteiger partial charge on any atom is 0.191 e. The van der Waals surface area contributed by atoms with Gasteiger partial charge in [0, 0.05) is 13.1 Å². The van der Waals surface area contributed by atoms with Crippen molar-refractivity contribution in [3.63, 3.8) is 0 Å². The summed E-state index contributed by atoms with van der Waals surface area (Å²) >= 11 is 0. The van der Waals surface area contributed by atoms with E-state index in [2.05, 4.69) is 29.7 Å². The van der Waals surface area contributed by atoms with Gasteiger partial charge in [-0.3, -0.25) is 4.99 Å². The van der Waals surface area contributed by atoms with Crippen LogP contribution in [0.2, 0.25) is 0 Å². The molecule has 0 aliphatic carbocycles. The summed E-state index contributed by atoms with van der Waals surface area (Å²) in [4.78, 5) is 4.73. The number of ether oxygens (including phenoxy) is 2. The number of guanidine groups is 1. The van der Waals surface area contributed by atoms with E-state index in [4.69, 9.17) is 14.5 Å². The molecule has 24 heavy (non-hydrogen) atoms. The van der Waals surface area contributed by atoms with Gasteiger partial charge in [-0.15, -0.1) is 0 Å². The van der Waals surface area contributed by atoms with Crippen LogP contribution in [0.4, 0.5) is 0 Å². The fourth-order valence-electron chi connectivity index (χ4n) is 3.59. The minimum absolute atomic E-state index is 0.371. The van der Waals surface area contributed by atoms with Crippen molar-refractivity contribution in [2.45, 2.75) is 57.3 Å². The molecule has 5 nitrogen and oxygen atoms in total. The van der Waals surface area contributed by atoms with Crippen LogP contribution in [-0.2, 0) is 11.2 Å². The van der Waals surface area contributed by atoms with E-state index in [-0.39, 0.29) is 0 Å². The molecule has 2 fully saturated rings. The molecular formula is C19H29N3O2. The van der Waals surface area contributed by atoms with Crippen LogP contribution in [-0.4, -0.2) is 44.4 Å². The van der Waals surface area contributed by atoms with E-state index in [9.17, 15) is 0 Å². The average molecular weight is 331 g/mol. The lowest BCUT2D eigenvalue weighted by atomic mass is 9.96. The number of fused-ring (bicyclic) bond motifs is 2. The molecule has 2 saturated heterocycles. The molecule has 5 heteroatoms. The second-order valence-corrected chi connectivity index (χ2v) is 6.58. The standard InChI is InChI=1S/C19H29N3O2/c1-3-20-19(22-17-13-16-9-10-18(17)24-16)21-11-5-7-14-6-4-8-15(12-14)23-2/h4,6,8,12,16-18H,3,5,7,9-11,13H2,1-2H3,(H2,20,21,22). The molecule has 2 aliphatic rings. The van der Waals surface area contributed by atoms with Crippen molar-refractivity contribution in [1.82, 2.24) is 10.6 Å². The number of hydrogen-bond acceptors (Lipinski definition) is 3. The lowest BCUT2D eigenvalue weighted by Gasteiger charge is -2.22. The lowest BCUT2D eigenvalue weighted by molar-refractivity contribution is 0.0992. The number of aryl methyl sites for hydroxylation is 1. The highest BCUT2D eigenvalue weighted by Gasteiger charge is 2.41. The van der Waals surface area contributed by atoms with Crippen LogP contribution in [0.5, 0.6) is 5.75 Å². The third-order valence-electron chi connectivity index (χ3n) is 4.80. The molecule has 2 heterocycles. The Morgan fingerprint density at radius 3 is 3.00 bits per heavy atom. The minimum Gasteiger partial charge on any atom is -0.497 e. The van der Waals surface area contributed by atoms with Gasteiger partial charge in [0.25, 0.3) is 0 Å². The van der Waals surface area contributed by atoms with E-state index in [0.717, 1.165) is 44.1 Å². The predicted molar refractivity (Wildman–Crippen MR) is 96.7 cm³/mol. The van der Waals surface area contributed by atoms with Crippen molar-refractivity contribution in [2.24, 2.45) is 4.99 Å². The Morgan fingerprint density at radius 1 is 1.38 bits per heavy atom. The zero-order chi connectivity index (χ0) is 16.8. The second-order valence-electron chi connectivity index (χ2n) is 6.58. The molecule has 0 aromatic heterocycles. The van der Waals surface area contributed by atoms with Crippen LogP contribution < -0.4 is 15.4 Å². The van der Waals surface area contributed by atoms with Crippen LogP contribution in [0.25, 0.3) is 0 Å². The molecule has 0 amide bonds. The number of methoxy groups -OCH3 is 1. The smallest absolute Gasteiger partial charge is 0.191 e. The van der Waals surface area contributed by atoms with E-state index >= 15 is 0 Å². The Bertz CT molecular complexity index is 561. The summed E-state index contributed by atoms with van der Waals surface area (Å²) < 4.78 is 11.2. The first-order valence-corrected chi connectivity index (χ1v) is 9.11. The molecule has 3 rings (SSSR count). The van der Waals surface area contributed by atoms with Crippen LogP contribution in [0.15, 0.2) is 29.3 Å². The quantitative estimate of drug-likeness (QED) is 0.458. The summed E-state index contributed by atoms with van der Waals surface area (Å²) in [5.74, 6) is 1.84. The van der Waals surface area contributed by atoms with Gasteiger partial charge in [0.05, 0.1) is 25.4 Å². The molecule has 0 spiro atoms. The summed E-state index contributed by atoms with van der Waals surface area (Å²) in [5.41, 5.74) is 1.30. The van der Waals surface area contributed by atoms with Gasteiger partial charge in [0.1, 0.15) is 5.75 Å². The monoisotopic (exact) mass is 331 g/mol. The highest BCUT2D eigenvalue weighted by atomic mass is 16.5. The van der Waals surface area contributed by atoms with Gasteiger partial charge in [-0.1, -0.05) is 12.1 Å². The first-order chi connectivity index (χ1) is 11.8. The Balaban J connectivity index is 1.46. The van der Waals surface area contributed by atoms with Crippen LogP contribution in [0, 0.1) is 0 Å². The zero-order valence-electron chi connectivity index (χ0n) is 14.8. The van der Waals surface area contributed by atoms with Gasteiger partial charge < -0.3 is 20.1 Å². The highest BCUT2D eigenvalue weighted by molar-refractivity contribution is 5.80. The van der Waals surface area contributed by atoms with Crippen molar-refractivity contribution >= 4 is 5.96 Å². The van der Waals surface area contributed by atoms with Gasteiger partial charge in [0.2, 0.25) is 0 Å². The second kappa shape index (κ2) is 8.38. The first-order valence-electron chi connectivity index (χ1n) is 9.11. The number of aliphatic imine (C=N–C) groups is 1. The van der Waals surface area contributed by atoms with E-state index in [1.807, 2.05) is 12.1 Å². The Labute approximate surface area is 144 Å². The molecule has 1 aromatic rings. The molecule has 2 N–H and O–H groups in total. The first kappa shape index (κ1) is 17.1. The minimum atomic E-state index is 0.371. The largest absolute Gasteiger partial charge is 0.497 e. The van der Waals surface area contributed by atoms with Crippen molar-refractivity contribution in [1.29, 1.82) is 0 Å². The Hall–Kier alpha value is -1.75. The van der Waals surface area contributed by atoms with E-state index in [1.165, 1.54) is 18.4 Å². The molecule has 3 unspecified atom stereocenters. The molecule has 132 valence electrons. The van der Waals surface area contributed by atoms with Crippen LogP contribution >= 0.6 is 0 Å². The van der Waals surface area contributed by atoms with Gasteiger partial charge >= 0.3 is 0 Å². The van der Waals surface area contributed by atoms with E-state index < -0.39 is 0 Å². The molecule has 3 atom stereocenters. The van der Waals surface area contributed by atoms with Gasteiger partial charge in [-0.05, 0) is 56.7 Å². The highest BCUT2D eigenvalue weighted by Crippen LogP contribution is 2.34. The van der Waals surface area contributed by atoms with E-state index in [0.29, 0.717) is 18.2 Å². The number of hydrogen-bond donors (Lipinski definition) is 2. The summed E-state index contributed by atoms with van der Waals surface area (Å²) in [6.07, 6.45) is 6.38. The van der Waals surface area contributed by atoms with Gasteiger partial charge in [0.15, 0.2) is 5.96 Å². The maximum atomic E-state index is 5.91. The summed E-state index contributed by atoms with van der Waals surface area (Å²) in [7, 11) is 1.71. The van der Waals surface area contributed by atoms with Crippen molar-refractivity contribution < 1.29 is 9.47 Å². The van der Waals surface area contributed by atoms with Gasteiger partial charge in [-0.2, -0.15) is 0 Å². The SMILES string of the molecule is CCNC(=NCCCc1cccc(OC)c1)NC1CC2CCC1O2. The zero-order valence-corrected chi connectivity index (χ0v) is 14.8. The van der Waals surface area contributed by atoms with E-state index in [1.54, 1.807) is 7.11 Å². The Kier molecular flexibility index (Phi) is 5.96. The molecule has 1 aromatic carbocycles. The summed E-state index contributed by atoms with van der Waals surface area (Å²) in [6, 6.07) is 8.67. The van der Waals surface area contributed by atoms with Crippen LogP contribution in [0.3, 0.4) is 0 Å². The molecule has 0 radical (unpaired) electrons. The number of nitrogens with one attached hydrogen (secondary N) is 2. The maximum absolute atomic E-state index is 5.91. The fraction of sp³-hybridized carbons (Fsp3) is 0.632. The number of nitrogens with zero attached hydrogens (tertiary/aromatic N) is 1. The molecular weight excluding hydrogens is 302 g/mol. The van der Waals surface area contributed by atoms with Crippen molar-refractivity contribution in [2.75, 3.05) is 20.2 Å². The molecule has 0 saturated carbocycles. The fourth-order valence-corrected chi connectivity index (χ4v) is 3.59. The molecule has 2 aliphatic heterocycles. The summed E-state index contributed by atoms with van der Waals surface area (Å²) in [5, 5.41) is 6.91. The predicted octanol–water partition coefficient (Wildman–Crippen LogP) is 2.50. The normalized spacial score (nSPS) is 25.8. The van der Waals surface area contributed by atoms with Gasteiger partial charge in [-0.25, -0.2) is 0 Å². The molecule has 2 bridgehead atoms. The number of benzene rings is 1. The number of rotatable bonds is 7. The average Bonchev–Trinajstić information content (AvgIpc) is 3.22. The summed E-state index contributed by atoms with van der Waals surface area (Å²) in [6.45, 7) is 3.79. The third-order valence-corrected chi connectivity index (χ3v) is 4.80. The third kappa shape index (κ3) is 4.41. The van der Waals surface area contributed by atoms with Crippen molar-refractivity contribution in [3.05, 3.63) is 29.8 Å². The lowest BCUT2D eigenvalue weighted by Crippen LogP contribution is -2.47. The topological polar surface area (TPSA) is 54.9 Å². The van der Waals surface area contributed by atoms with Crippen molar-refractivity contribution in [3.8, 4) is 5.75 Å².